The molecule has 6 heteroatoms. The molecule has 24 heavy (non-hydrogen) atoms. The minimum atomic E-state index is -0.452. The molecule has 5 nitrogen and oxygen atoms in total. The lowest BCUT2D eigenvalue weighted by Gasteiger charge is -2.32. The molecule has 1 amide bonds. The van der Waals surface area contributed by atoms with Crippen molar-refractivity contribution in [2.75, 3.05) is 13.1 Å². The number of carbonyl (C=O) groups excluding carboxylic acids is 1. The Morgan fingerprint density at radius 2 is 2.04 bits per heavy atom. The second kappa shape index (κ2) is 6.89. The summed E-state index contributed by atoms with van der Waals surface area (Å²) in [5.41, 5.74) is 1.65. The quantitative estimate of drug-likeness (QED) is 0.813. The number of thiophene rings is 1. The summed E-state index contributed by atoms with van der Waals surface area (Å²) >= 11 is 1.67. The van der Waals surface area contributed by atoms with E-state index in [0.717, 1.165) is 29.9 Å². The summed E-state index contributed by atoms with van der Waals surface area (Å²) in [7, 11) is 0. The third-order valence-electron chi connectivity index (χ3n) is 4.00. The number of rotatable bonds is 2. The SMILES string of the molecule is CC(C)(C)OC(=O)N1CCC(c2nccc(-c3ccsc3)n2)CC1. The molecule has 1 fully saturated rings. The zero-order valence-electron chi connectivity index (χ0n) is 14.4. The first-order chi connectivity index (χ1) is 11.4. The molecule has 0 bridgehead atoms. The minimum absolute atomic E-state index is 0.228. The van der Waals surface area contributed by atoms with Crippen molar-refractivity contribution in [1.29, 1.82) is 0 Å². The van der Waals surface area contributed by atoms with Crippen LogP contribution in [0.15, 0.2) is 29.1 Å². The van der Waals surface area contributed by atoms with Gasteiger partial charge in [-0.2, -0.15) is 11.3 Å². The van der Waals surface area contributed by atoms with Crippen LogP contribution in [-0.2, 0) is 4.74 Å². The van der Waals surface area contributed by atoms with Crippen molar-refractivity contribution in [3.05, 3.63) is 34.9 Å². The fourth-order valence-electron chi connectivity index (χ4n) is 2.79. The molecule has 2 aromatic heterocycles. The van der Waals surface area contributed by atoms with E-state index in [1.165, 1.54) is 0 Å². The van der Waals surface area contributed by atoms with Crippen LogP contribution >= 0.6 is 11.3 Å². The van der Waals surface area contributed by atoms with E-state index in [1.54, 1.807) is 16.2 Å². The maximum Gasteiger partial charge on any atom is 0.410 e. The van der Waals surface area contributed by atoms with Crippen molar-refractivity contribution in [3.63, 3.8) is 0 Å². The summed E-state index contributed by atoms with van der Waals surface area (Å²) in [5.74, 6) is 1.17. The van der Waals surface area contributed by atoms with Gasteiger partial charge in [-0.05, 0) is 51.1 Å². The maximum atomic E-state index is 12.1. The first-order valence-corrected chi connectivity index (χ1v) is 9.20. The van der Waals surface area contributed by atoms with Crippen molar-refractivity contribution in [2.24, 2.45) is 0 Å². The van der Waals surface area contributed by atoms with Gasteiger partial charge in [-0.15, -0.1) is 0 Å². The molecule has 0 aliphatic carbocycles. The molecule has 0 atom stereocenters. The number of ether oxygens (including phenoxy) is 1. The van der Waals surface area contributed by atoms with Crippen LogP contribution in [0.3, 0.4) is 0 Å². The lowest BCUT2D eigenvalue weighted by molar-refractivity contribution is 0.0203. The van der Waals surface area contributed by atoms with E-state index < -0.39 is 5.60 Å². The predicted molar refractivity (Wildman–Crippen MR) is 95.1 cm³/mol. The molecule has 0 N–H and O–H groups in total. The number of amides is 1. The van der Waals surface area contributed by atoms with Gasteiger partial charge < -0.3 is 9.64 Å². The number of aromatic nitrogens is 2. The Balaban J connectivity index is 1.63. The van der Waals surface area contributed by atoms with Crippen LogP contribution in [0.2, 0.25) is 0 Å². The molecule has 1 aliphatic rings. The van der Waals surface area contributed by atoms with E-state index in [0.29, 0.717) is 19.0 Å². The molecule has 3 heterocycles. The van der Waals surface area contributed by atoms with Crippen LogP contribution in [0.25, 0.3) is 11.3 Å². The molecular weight excluding hydrogens is 322 g/mol. The van der Waals surface area contributed by atoms with E-state index in [1.807, 2.05) is 33.0 Å². The summed E-state index contributed by atoms with van der Waals surface area (Å²) in [6, 6.07) is 4.02. The molecule has 0 saturated carbocycles. The van der Waals surface area contributed by atoms with Crippen LogP contribution in [0, 0.1) is 0 Å². The molecule has 2 aromatic rings. The molecule has 3 rings (SSSR count). The highest BCUT2D eigenvalue weighted by molar-refractivity contribution is 7.08. The largest absolute Gasteiger partial charge is 0.444 e. The van der Waals surface area contributed by atoms with E-state index in [2.05, 4.69) is 21.8 Å². The lowest BCUT2D eigenvalue weighted by atomic mass is 9.96. The minimum Gasteiger partial charge on any atom is -0.444 e. The number of likely N-dealkylation sites (tertiary alicyclic amines) is 1. The van der Waals surface area contributed by atoms with Gasteiger partial charge in [0.15, 0.2) is 0 Å². The summed E-state index contributed by atoms with van der Waals surface area (Å²) in [5, 5.41) is 4.15. The standard InChI is InChI=1S/C18H23N3O2S/c1-18(2,3)23-17(22)21-9-5-13(6-10-21)16-19-8-4-15(20-16)14-7-11-24-12-14/h4,7-8,11-13H,5-6,9-10H2,1-3H3. The van der Waals surface area contributed by atoms with E-state index >= 15 is 0 Å². The van der Waals surface area contributed by atoms with Crippen LogP contribution < -0.4 is 0 Å². The van der Waals surface area contributed by atoms with Gasteiger partial charge >= 0.3 is 6.09 Å². The number of carbonyl (C=O) groups is 1. The Bertz CT molecular complexity index is 687. The van der Waals surface area contributed by atoms with Gasteiger partial charge in [-0.1, -0.05) is 0 Å². The average molecular weight is 345 g/mol. The van der Waals surface area contributed by atoms with Crippen LogP contribution in [0.5, 0.6) is 0 Å². The molecule has 0 aromatic carbocycles. The summed E-state index contributed by atoms with van der Waals surface area (Å²) in [6.07, 6.45) is 3.34. The third kappa shape index (κ3) is 4.12. The number of hydrogen-bond acceptors (Lipinski definition) is 5. The fourth-order valence-corrected chi connectivity index (χ4v) is 3.44. The van der Waals surface area contributed by atoms with Crippen LogP contribution in [0.1, 0.15) is 45.4 Å². The van der Waals surface area contributed by atoms with Crippen molar-refractivity contribution in [1.82, 2.24) is 14.9 Å². The smallest absolute Gasteiger partial charge is 0.410 e. The Labute approximate surface area is 146 Å². The van der Waals surface area contributed by atoms with Crippen molar-refractivity contribution < 1.29 is 9.53 Å². The van der Waals surface area contributed by atoms with Crippen molar-refractivity contribution in [3.8, 4) is 11.3 Å². The summed E-state index contributed by atoms with van der Waals surface area (Å²) < 4.78 is 5.44. The Kier molecular flexibility index (Phi) is 4.85. The zero-order chi connectivity index (χ0) is 17.2. The van der Waals surface area contributed by atoms with Gasteiger partial charge in [0.2, 0.25) is 0 Å². The van der Waals surface area contributed by atoms with E-state index in [9.17, 15) is 4.79 Å². The van der Waals surface area contributed by atoms with E-state index in [4.69, 9.17) is 9.72 Å². The topological polar surface area (TPSA) is 55.3 Å². The summed E-state index contributed by atoms with van der Waals surface area (Å²) in [4.78, 5) is 23.1. The van der Waals surface area contributed by atoms with Crippen LogP contribution in [0.4, 0.5) is 4.79 Å². The molecule has 1 saturated heterocycles. The van der Waals surface area contributed by atoms with Crippen molar-refractivity contribution in [2.45, 2.75) is 45.1 Å². The Morgan fingerprint density at radius 3 is 2.67 bits per heavy atom. The molecule has 0 spiro atoms. The van der Waals surface area contributed by atoms with Gasteiger partial charge in [0, 0.05) is 36.1 Å². The second-order valence-electron chi connectivity index (χ2n) is 7.05. The molecule has 1 aliphatic heterocycles. The van der Waals surface area contributed by atoms with Crippen LogP contribution in [-0.4, -0.2) is 39.7 Å². The Hall–Kier alpha value is -1.95. The maximum absolute atomic E-state index is 12.1. The highest BCUT2D eigenvalue weighted by Gasteiger charge is 2.28. The lowest BCUT2D eigenvalue weighted by Crippen LogP contribution is -2.41. The molecule has 0 radical (unpaired) electrons. The van der Waals surface area contributed by atoms with E-state index in [-0.39, 0.29) is 6.09 Å². The van der Waals surface area contributed by atoms with Gasteiger partial charge in [0.25, 0.3) is 0 Å². The fraction of sp³-hybridized carbons (Fsp3) is 0.500. The van der Waals surface area contributed by atoms with Gasteiger partial charge in [-0.3, -0.25) is 0 Å². The summed E-state index contributed by atoms with van der Waals surface area (Å²) in [6.45, 7) is 7.04. The second-order valence-corrected chi connectivity index (χ2v) is 7.83. The highest BCUT2D eigenvalue weighted by Crippen LogP contribution is 2.28. The normalized spacial score (nSPS) is 16.2. The first kappa shape index (κ1) is 16.9. The van der Waals surface area contributed by atoms with Gasteiger partial charge in [0.1, 0.15) is 11.4 Å². The first-order valence-electron chi connectivity index (χ1n) is 8.26. The number of hydrogen-bond donors (Lipinski definition) is 0. The predicted octanol–water partition coefficient (Wildman–Crippen LogP) is 4.32. The monoisotopic (exact) mass is 345 g/mol. The molecule has 0 unspecified atom stereocenters. The van der Waals surface area contributed by atoms with Gasteiger partial charge in [0.05, 0.1) is 5.69 Å². The molecular formula is C18H23N3O2S. The average Bonchev–Trinajstić information content (AvgIpc) is 3.08. The highest BCUT2D eigenvalue weighted by atomic mass is 32.1. The number of nitrogens with zero attached hydrogens (tertiary/aromatic N) is 3. The van der Waals surface area contributed by atoms with Gasteiger partial charge in [-0.25, -0.2) is 14.8 Å². The Morgan fingerprint density at radius 1 is 1.29 bits per heavy atom. The third-order valence-corrected chi connectivity index (χ3v) is 4.69. The number of piperidine rings is 1. The van der Waals surface area contributed by atoms with Crippen molar-refractivity contribution >= 4 is 17.4 Å². The zero-order valence-corrected chi connectivity index (χ0v) is 15.2. The molecule has 128 valence electrons.